The summed E-state index contributed by atoms with van der Waals surface area (Å²) < 4.78 is 0. The molecule has 82 valence electrons. The number of pyridine rings is 1. The van der Waals surface area contributed by atoms with Gasteiger partial charge >= 0.3 is 0 Å². The minimum atomic E-state index is 0.487. The second-order valence-corrected chi connectivity index (χ2v) is 5.34. The molecule has 0 spiro atoms. The van der Waals surface area contributed by atoms with E-state index in [1.807, 2.05) is 18.5 Å². The van der Waals surface area contributed by atoms with Crippen molar-refractivity contribution in [3.05, 3.63) is 30.1 Å². The molecule has 1 aliphatic rings. The zero-order chi connectivity index (χ0) is 10.7. The van der Waals surface area contributed by atoms with Crippen LogP contribution in [0.15, 0.2) is 24.5 Å². The molecule has 2 heteroatoms. The molecule has 2 heterocycles. The van der Waals surface area contributed by atoms with Crippen molar-refractivity contribution in [2.75, 3.05) is 13.1 Å². The molecule has 1 saturated heterocycles. The maximum absolute atomic E-state index is 4.16. The van der Waals surface area contributed by atoms with Gasteiger partial charge in [0.1, 0.15) is 0 Å². The third-order valence-corrected chi connectivity index (χ3v) is 3.11. The first-order valence-electron chi connectivity index (χ1n) is 5.77. The number of nitrogens with zero attached hydrogens (tertiary/aromatic N) is 2. The average Bonchev–Trinajstić information content (AvgIpc) is 2.17. The van der Waals surface area contributed by atoms with E-state index in [1.165, 1.54) is 31.5 Å². The second-order valence-electron chi connectivity index (χ2n) is 5.34. The van der Waals surface area contributed by atoms with Crippen molar-refractivity contribution in [1.82, 2.24) is 9.88 Å². The molecule has 1 aromatic heterocycles. The fourth-order valence-electron chi connectivity index (χ4n) is 2.43. The number of likely N-dealkylation sites (tertiary alicyclic amines) is 1. The van der Waals surface area contributed by atoms with Gasteiger partial charge in [0.2, 0.25) is 0 Å². The quantitative estimate of drug-likeness (QED) is 0.736. The summed E-state index contributed by atoms with van der Waals surface area (Å²) in [5, 5.41) is 0. The molecule has 2 rings (SSSR count). The lowest BCUT2D eigenvalue weighted by atomic mass is 9.84. The minimum absolute atomic E-state index is 0.487. The van der Waals surface area contributed by atoms with Crippen molar-refractivity contribution in [2.24, 2.45) is 5.41 Å². The number of aromatic nitrogens is 1. The van der Waals surface area contributed by atoms with Crippen LogP contribution in [0.5, 0.6) is 0 Å². The molecule has 0 aliphatic carbocycles. The van der Waals surface area contributed by atoms with Crippen LogP contribution in [0.4, 0.5) is 0 Å². The lowest BCUT2D eigenvalue weighted by Crippen LogP contribution is -2.39. The number of rotatable bonds is 2. The maximum Gasteiger partial charge on any atom is 0.0312 e. The van der Waals surface area contributed by atoms with Crippen LogP contribution in [0.3, 0.4) is 0 Å². The fraction of sp³-hybridized carbons (Fsp3) is 0.615. The highest BCUT2D eigenvalue weighted by atomic mass is 15.1. The molecule has 1 fully saturated rings. The molecule has 0 radical (unpaired) electrons. The van der Waals surface area contributed by atoms with Crippen molar-refractivity contribution in [1.29, 1.82) is 0 Å². The van der Waals surface area contributed by atoms with Crippen LogP contribution in [0, 0.1) is 5.41 Å². The monoisotopic (exact) mass is 204 g/mol. The predicted molar refractivity (Wildman–Crippen MR) is 62.5 cm³/mol. The summed E-state index contributed by atoms with van der Waals surface area (Å²) in [7, 11) is 0. The van der Waals surface area contributed by atoms with Crippen molar-refractivity contribution in [2.45, 2.75) is 33.2 Å². The summed E-state index contributed by atoms with van der Waals surface area (Å²) >= 11 is 0. The van der Waals surface area contributed by atoms with Gasteiger partial charge in [-0.1, -0.05) is 19.9 Å². The summed E-state index contributed by atoms with van der Waals surface area (Å²) in [4.78, 5) is 6.70. The van der Waals surface area contributed by atoms with Gasteiger partial charge in [-0.15, -0.1) is 0 Å². The standard InChI is InChI=1S/C13H20N2/c1-13(2)6-4-8-15(11-13)10-12-5-3-7-14-9-12/h3,5,7,9H,4,6,8,10-11H2,1-2H3. The lowest BCUT2D eigenvalue weighted by Gasteiger charge is -2.38. The van der Waals surface area contributed by atoms with Crippen LogP contribution < -0.4 is 0 Å². The molecule has 15 heavy (non-hydrogen) atoms. The summed E-state index contributed by atoms with van der Waals surface area (Å²) in [6.45, 7) is 8.22. The smallest absolute Gasteiger partial charge is 0.0312 e. The summed E-state index contributed by atoms with van der Waals surface area (Å²) in [5.41, 5.74) is 1.82. The molecule has 1 aliphatic heterocycles. The Bertz CT molecular complexity index is 306. The van der Waals surface area contributed by atoms with Crippen molar-refractivity contribution < 1.29 is 0 Å². The van der Waals surface area contributed by atoms with Gasteiger partial charge in [0.05, 0.1) is 0 Å². The maximum atomic E-state index is 4.16. The normalized spacial score (nSPS) is 21.5. The number of hydrogen-bond acceptors (Lipinski definition) is 2. The van der Waals surface area contributed by atoms with Crippen molar-refractivity contribution >= 4 is 0 Å². The molecular weight excluding hydrogens is 184 g/mol. The molecule has 0 bridgehead atoms. The van der Waals surface area contributed by atoms with E-state index in [0.717, 1.165) is 6.54 Å². The van der Waals surface area contributed by atoms with Crippen LogP contribution in [0.1, 0.15) is 32.3 Å². The van der Waals surface area contributed by atoms with Crippen molar-refractivity contribution in [3.8, 4) is 0 Å². The van der Waals surface area contributed by atoms with Gasteiger partial charge in [-0.05, 0) is 36.4 Å². The third-order valence-electron chi connectivity index (χ3n) is 3.11. The average molecular weight is 204 g/mol. The van der Waals surface area contributed by atoms with Gasteiger partial charge in [-0.25, -0.2) is 0 Å². The fourth-order valence-corrected chi connectivity index (χ4v) is 2.43. The second kappa shape index (κ2) is 4.31. The Hall–Kier alpha value is -0.890. The molecule has 0 atom stereocenters. The summed E-state index contributed by atoms with van der Waals surface area (Å²) in [6, 6.07) is 4.18. The number of hydrogen-bond donors (Lipinski definition) is 0. The first kappa shape index (κ1) is 10.6. The van der Waals surface area contributed by atoms with E-state index in [-0.39, 0.29) is 0 Å². The lowest BCUT2D eigenvalue weighted by molar-refractivity contribution is 0.111. The zero-order valence-corrected chi connectivity index (χ0v) is 9.74. The van der Waals surface area contributed by atoms with Crippen LogP contribution >= 0.6 is 0 Å². The van der Waals surface area contributed by atoms with E-state index < -0.39 is 0 Å². The van der Waals surface area contributed by atoms with Gasteiger partial charge in [0, 0.05) is 25.5 Å². The number of piperidine rings is 1. The molecule has 0 saturated carbocycles. The molecule has 0 aromatic carbocycles. The Balaban J connectivity index is 1.95. The molecule has 2 nitrogen and oxygen atoms in total. The summed E-state index contributed by atoms with van der Waals surface area (Å²) in [5.74, 6) is 0. The zero-order valence-electron chi connectivity index (χ0n) is 9.74. The highest BCUT2D eigenvalue weighted by Crippen LogP contribution is 2.28. The minimum Gasteiger partial charge on any atom is -0.298 e. The van der Waals surface area contributed by atoms with Gasteiger partial charge in [-0.2, -0.15) is 0 Å². The largest absolute Gasteiger partial charge is 0.298 e. The van der Waals surface area contributed by atoms with E-state index in [0.29, 0.717) is 5.41 Å². The molecule has 1 aromatic rings. The van der Waals surface area contributed by atoms with Gasteiger partial charge in [-0.3, -0.25) is 9.88 Å². The third kappa shape index (κ3) is 3.03. The van der Waals surface area contributed by atoms with Gasteiger partial charge in [0.15, 0.2) is 0 Å². The highest BCUT2D eigenvalue weighted by molar-refractivity contribution is 5.08. The van der Waals surface area contributed by atoms with E-state index >= 15 is 0 Å². The van der Waals surface area contributed by atoms with E-state index in [9.17, 15) is 0 Å². The van der Waals surface area contributed by atoms with Crippen LogP contribution in [0.2, 0.25) is 0 Å². The van der Waals surface area contributed by atoms with E-state index in [1.54, 1.807) is 0 Å². The first-order valence-corrected chi connectivity index (χ1v) is 5.77. The first-order chi connectivity index (χ1) is 7.16. The van der Waals surface area contributed by atoms with Gasteiger partial charge in [0.25, 0.3) is 0 Å². The Morgan fingerprint density at radius 3 is 3.00 bits per heavy atom. The SMILES string of the molecule is CC1(C)CCCN(Cc2cccnc2)C1. The molecule has 0 unspecified atom stereocenters. The van der Waals surface area contributed by atoms with Crippen LogP contribution in [-0.4, -0.2) is 23.0 Å². The summed E-state index contributed by atoms with van der Waals surface area (Å²) in [6.07, 6.45) is 6.50. The Labute approximate surface area is 92.3 Å². The molecule has 0 amide bonds. The van der Waals surface area contributed by atoms with Crippen LogP contribution in [-0.2, 0) is 6.54 Å². The van der Waals surface area contributed by atoms with Crippen molar-refractivity contribution in [3.63, 3.8) is 0 Å². The van der Waals surface area contributed by atoms with E-state index in [2.05, 4.69) is 29.8 Å². The highest BCUT2D eigenvalue weighted by Gasteiger charge is 2.25. The molecular formula is C13H20N2. The Morgan fingerprint density at radius 2 is 2.33 bits per heavy atom. The Morgan fingerprint density at radius 1 is 1.47 bits per heavy atom. The predicted octanol–water partition coefficient (Wildman–Crippen LogP) is 2.70. The topological polar surface area (TPSA) is 16.1 Å². The molecule has 0 N–H and O–H groups in total. The van der Waals surface area contributed by atoms with Crippen LogP contribution in [0.25, 0.3) is 0 Å². The Kier molecular flexibility index (Phi) is 3.06. The van der Waals surface area contributed by atoms with Gasteiger partial charge < -0.3 is 0 Å². The van der Waals surface area contributed by atoms with E-state index in [4.69, 9.17) is 0 Å².